The van der Waals surface area contributed by atoms with Gasteiger partial charge < -0.3 is 4.74 Å². The smallest absolute Gasteiger partial charge is 0.175 e. The molecule has 0 saturated heterocycles. The average molecular weight is 327 g/mol. The monoisotopic (exact) mass is 327 g/mol. The predicted octanol–water partition coefficient (Wildman–Crippen LogP) is 4.19. The molecule has 0 amide bonds. The van der Waals surface area contributed by atoms with E-state index in [0.29, 0.717) is 4.90 Å². The number of allylic oxidation sites excluding steroid dienone is 2. The molecule has 0 aliphatic heterocycles. The zero-order chi connectivity index (χ0) is 16.4. The number of rotatable bonds is 4. The lowest BCUT2D eigenvalue weighted by Crippen LogP contribution is -1.97. The Morgan fingerprint density at radius 2 is 1.30 bits per heavy atom. The second-order valence-electron chi connectivity index (χ2n) is 5.84. The number of methoxy groups -OCH3 is 1. The molecule has 0 spiro atoms. The first-order chi connectivity index (χ1) is 11.0. The van der Waals surface area contributed by atoms with E-state index in [1.54, 1.807) is 19.2 Å². The van der Waals surface area contributed by atoms with Gasteiger partial charge in [0.05, 0.1) is 12.0 Å². The van der Waals surface area contributed by atoms with Crippen LogP contribution in [0.25, 0.3) is 11.1 Å². The number of sulfone groups is 1. The van der Waals surface area contributed by atoms with Crippen molar-refractivity contribution < 1.29 is 13.2 Å². The molecule has 23 heavy (non-hydrogen) atoms. The predicted molar refractivity (Wildman–Crippen MR) is 93.2 cm³/mol. The number of ether oxygens (including phenoxy) is 1. The minimum Gasteiger partial charge on any atom is -0.497 e. The van der Waals surface area contributed by atoms with Gasteiger partial charge >= 0.3 is 0 Å². The Bertz CT molecular complexity index is 829. The minimum atomic E-state index is -3.15. The third-order valence-electron chi connectivity index (χ3n) is 4.29. The highest BCUT2D eigenvalue weighted by Crippen LogP contribution is 2.40. The molecule has 3 rings (SSSR count). The quantitative estimate of drug-likeness (QED) is 0.845. The van der Waals surface area contributed by atoms with E-state index in [1.807, 2.05) is 24.3 Å². The van der Waals surface area contributed by atoms with E-state index in [9.17, 15) is 8.42 Å². The van der Waals surface area contributed by atoms with Crippen molar-refractivity contribution in [2.75, 3.05) is 13.4 Å². The van der Waals surface area contributed by atoms with Gasteiger partial charge in [0, 0.05) is 6.26 Å². The summed E-state index contributed by atoms with van der Waals surface area (Å²) < 4.78 is 28.4. The summed E-state index contributed by atoms with van der Waals surface area (Å²) in [6, 6.07) is 15.4. The lowest BCUT2D eigenvalue weighted by atomic mass is 9.97. The van der Waals surface area contributed by atoms with Crippen LogP contribution in [0.15, 0.2) is 53.4 Å². The van der Waals surface area contributed by atoms with Crippen LogP contribution in [0.4, 0.5) is 0 Å². The van der Waals surface area contributed by atoms with Crippen LogP contribution in [0.3, 0.4) is 0 Å². The van der Waals surface area contributed by atoms with Crippen molar-refractivity contribution in [1.82, 2.24) is 0 Å². The van der Waals surface area contributed by atoms with Gasteiger partial charge in [-0.1, -0.05) is 24.3 Å². The molecule has 2 aromatic carbocycles. The molecule has 0 bridgehead atoms. The largest absolute Gasteiger partial charge is 0.497 e. The third kappa shape index (κ3) is 3.32. The molecule has 120 valence electrons. The summed E-state index contributed by atoms with van der Waals surface area (Å²) in [7, 11) is -1.48. The van der Waals surface area contributed by atoms with Crippen LogP contribution in [-0.2, 0) is 9.84 Å². The molecule has 3 nitrogen and oxygen atoms in total. The van der Waals surface area contributed by atoms with Gasteiger partial charge in [0.15, 0.2) is 9.84 Å². The Morgan fingerprint density at radius 1 is 0.826 bits per heavy atom. The van der Waals surface area contributed by atoms with Crippen molar-refractivity contribution >= 4 is 21.0 Å². The van der Waals surface area contributed by atoms with Gasteiger partial charge in [0.1, 0.15) is 5.75 Å². The Kier molecular flexibility index (Phi) is 4.26. The van der Waals surface area contributed by atoms with Gasteiger partial charge in [-0.25, -0.2) is 8.42 Å². The molecule has 0 fully saturated rings. The fourth-order valence-electron chi connectivity index (χ4n) is 3.08. The standard InChI is InChI=1S/C19H20O3S/c1-22-16-10-6-14(7-11-16)18-4-3-5-19(18)15-8-12-17(13-9-15)23(2,20)21/h6-13H,3-5H2,1-2H3/i1-1. The van der Waals surface area contributed by atoms with Crippen molar-refractivity contribution in [3.05, 3.63) is 59.7 Å². The van der Waals surface area contributed by atoms with Crippen LogP contribution in [0.5, 0.6) is 5.75 Å². The van der Waals surface area contributed by atoms with E-state index in [0.717, 1.165) is 30.6 Å². The second-order valence-corrected chi connectivity index (χ2v) is 7.85. The van der Waals surface area contributed by atoms with Crippen molar-refractivity contribution in [1.29, 1.82) is 0 Å². The molecule has 0 unspecified atom stereocenters. The molecule has 4 heteroatoms. The summed E-state index contributed by atoms with van der Waals surface area (Å²) in [5.74, 6) is 0.853. The first kappa shape index (κ1) is 15.8. The summed E-state index contributed by atoms with van der Waals surface area (Å²) in [5.41, 5.74) is 4.99. The molecule has 1 aliphatic rings. The van der Waals surface area contributed by atoms with Gasteiger partial charge in [-0.15, -0.1) is 0 Å². The Balaban J connectivity index is 1.98. The van der Waals surface area contributed by atoms with E-state index in [-0.39, 0.29) is 0 Å². The Labute approximate surface area is 137 Å². The molecule has 0 heterocycles. The normalized spacial score (nSPS) is 15.0. The van der Waals surface area contributed by atoms with Crippen LogP contribution >= 0.6 is 0 Å². The molecular formula is C19H20O3S. The zero-order valence-electron chi connectivity index (χ0n) is 13.4. The van der Waals surface area contributed by atoms with Crippen LogP contribution < -0.4 is 4.74 Å². The van der Waals surface area contributed by atoms with Crippen molar-refractivity contribution in [3.8, 4) is 5.75 Å². The number of hydrogen-bond donors (Lipinski definition) is 0. The van der Waals surface area contributed by atoms with Crippen LogP contribution in [-0.4, -0.2) is 21.8 Å². The lowest BCUT2D eigenvalue weighted by Gasteiger charge is -2.10. The maximum Gasteiger partial charge on any atom is 0.175 e. The van der Waals surface area contributed by atoms with Crippen molar-refractivity contribution in [2.45, 2.75) is 24.2 Å². The maximum atomic E-state index is 11.6. The number of benzene rings is 2. The Morgan fingerprint density at radius 3 is 1.74 bits per heavy atom. The highest BCUT2D eigenvalue weighted by atomic mass is 32.2. The van der Waals surface area contributed by atoms with Crippen LogP contribution in [0.1, 0.15) is 30.4 Å². The zero-order valence-corrected chi connectivity index (χ0v) is 14.2. The third-order valence-corrected chi connectivity index (χ3v) is 5.42. The first-order valence-electron chi connectivity index (χ1n) is 7.66. The van der Waals surface area contributed by atoms with Gasteiger partial charge in [-0.3, -0.25) is 0 Å². The Hall–Kier alpha value is -2.07. The highest BCUT2D eigenvalue weighted by molar-refractivity contribution is 7.90. The summed E-state index contributed by atoms with van der Waals surface area (Å²) in [6.07, 6.45) is 4.44. The SMILES string of the molecule is CS(=O)(=O)c1ccc(C2=C(c3ccc(O[11CH3])cc3)CCC2)cc1. The molecule has 1 aliphatic carbocycles. The first-order valence-corrected chi connectivity index (χ1v) is 9.55. The molecule has 0 radical (unpaired) electrons. The van der Waals surface area contributed by atoms with E-state index >= 15 is 0 Å². The highest BCUT2D eigenvalue weighted by Gasteiger charge is 2.18. The summed E-state index contributed by atoms with van der Waals surface area (Å²) in [6.45, 7) is 0. The van der Waals surface area contributed by atoms with E-state index in [1.165, 1.54) is 23.0 Å². The van der Waals surface area contributed by atoms with Gasteiger partial charge in [-0.2, -0.15) is 0 Å². The average Bonchev–Trinajstić information content (AvgIpc) is 3.04. The topological polar surface area (TPSA) is 43.4 Å². The molecule has 2 aromatic rings. The fourth-order valence-corrected chi connectivity index (χ4v) is 3.71. The van der Waals surface area contributed by atoms with Crippen LogP contribution in [0, 0.1) is 0 Å². The molecule has 0 aromatic heterocycles. The van der Waals surface area contributed by atoms with E-state index < -0.39 is 9.84 Å². The van der Waals surface area contributed by atoms with Gasteiger partial charge in [0.2, 0.25) is 0 Å². The summed E-state index contributed by atoms with van der Waals surface area (Å²) in [5, 5.41) is 0. The maximum absolute atomic E-state index is 11.6. The summed E-state index contributed by atoms with van der Waals surface area (Å²) in [4.78, 5) is 0.367. The minimum absolute atomic E-state index is 0.367. The van der Waals surface area contributed by atoms with E-state index in [2.05, 4.69) is 12.1 Å². The lowest BCUT2D eigenvalue weighted by molar-refractivity contribution is 0.415. The summed E-state index contributed by atoms with van der Waals surface area (Å²) >= 11 is 0. The van der Waals surface area contributed by atoms with Crippen LogP contribution in [0.2, 0.25) is 0 Å². The van der Waals surface area contributed by atoms with Gasteiger partial charge in [0.25, 0.3) is 0 Å². The fraction of sp³-hybridized carbons (Fsp3) is 0.263. The number of hydrogen-bond acceptors (Lipinski definition) is 3. The molecule has 0 saturated carbocycles. The molecule has 0 atom stereocenters. The van der Waals surface area contributed by atoms with Gasteiger partial charge in [-0.05, 0) is 65.8 Å². The second kappa shape index (κ2) is 6.20. The van der Waals surface area contributed by atoms with E-state index in [4.69, 9.17) is 4.74 Å². The van der Waals surface area contributed by atoms with Crippen molar-refractivity contribution in [2.24, 2.45) is 0 Å². The molecule has 0 N–H and O–H groups in total. The molecular weight excluding hydrogens is 307 g/mol. The van der Waals surface area contributed by atoms with Crippen molar-refractivity contribution in [3.63, 3.8) is 0 Å².